The van der Waals surface area contributed by atoms with E-state index in [-0.39, 0.29) is 10.6 Å². The van der Waals surface area contributed by atoms with Gasteiger partial charge in [-0.2, -0.15) is 0 Å². The van der Waals surface area contributed by atoms with Gasteiger partial charge in [-0.15, -0.1) is 5.10 Å². The standard InChI is InChI=1S/C19H18N4O5S/c1-29(26,27)16-9-7-15(8-10-16)20-18(24)13-28-19(25)17-12-23(22-21-17)11-14-5-3-2-4-6-14/h2-10,12H,11,13H2,1H3,(H,20,24). The third-order valence-electron chi connectivity index (χ3n) is 3.84. The normalized spacial score (nSPS) is 11.1. The van der Waals surface area contributed by atoms with Gasteiger partial charge in [-0.3, -0.25) is 4.79 Å². The number of hydrogen-bond donors (Lipinski definition) is 1. The Bertz CT molecular complexity index is 1110. The molecule has 0 saturated heterocycles. The van der Waals surface area contributed by atoms with Crippen molar-refractivity contribution in [3.63, 3.8) is 0 Å². The van der Waals surface area contributed by atoms with Crippen molar-refractivity contribution >= 4 is 27.4 Å². The Balaban J connectivity index is 1.51. The molecule has 0 unspecified atom stereocenters. The third-order valence-corrected chi connectivity index (χ3v) is 4.96. The smallest absolute Gasteiger partial charge is 0.361 e. The number of carbonyl (C=O) groups excluding carboxylic acids is 2. The van der Waals surface area contributed by atoms with Crippen LogP contribution in [0.25, 0.3) is 0 Å². The van der Waals surface area contributed by atoms with E-state index >= 15 is 0 Å². The predicted octanol–water partition coefficient (Wildman–Crippen LogP) is 1.53. The molecule has 0 radical (unpaired) electrons. The van der Waals surface area contributed by atoms with E-state index < -0.39 is 28.3 Å². The number of sulfone groups is 1. The van der Waals surface area contributed by atoms with E-state index in [4.69, 9.17) is 4.74 Å². The van der Waals surface area contributed by atoms with Crippen LogP contribution in [0, 0.1) is 0 Å². The van der Waals surface area contributed by atoms with Gasteiger partial charge in [-0.05, 0) is 29.8 Å². The molecule has 1 amide bonds. The van der Waals surface area contributed by atoms with Crippen LogP contribution in [-0.2, 0) is 25.9 Å². The number of benzene rings is 2. The molecule has 0 atom stereocenters. The highest BCUT2D eigenvalue weighted by atomic mass is 32.2. The maximum atomic E-state index is 12.0. The molecular formula is C19H18N4O5S. The van der Waals surface area contributed by atoms with Gasteiger partial charge in [0.2, 0.25) is 0 Å². The topological polar surface area (TPSA) is 120 Å². The number of amides is 1. The zero-order valence-corrected chi connectivity index (χ0v) is 16.3. The Labute approximate surface area is 167 Å². The SMILES string of the molecule is CS(=O)(=O)c1ccc(NC(=O)COC(=O)c2cn(Cc3ccccc3)nn2)cc1. The second kappa shape index (κ2) is 8.65. The fraction of sp³-hybridized carbons (Fsp3) is 0.158. The van der Waals surface area contributed by atoms with Gasteiger partial charge in [0.15, 0.2) is 22.1 Å². The van der Waals surface area contributed by atoms with Gasteiger partial charge in [0.05, 0.1) is 17.6 Å². The van der Waals surface area contributed by atoms with Crippen LogP contribution >= 0.6 is 0 Å². The summed E-state index contributed by atoms with van der Waals surface area (Å²) < 4.78 is 29.3. The average molecular weight is 414 g/mol. The lowest BCUT2D eigenvalue weighted by Crippen LogP contribution is -2.21. The number of nitrogens with zero attached hydrogens (tertiary/aromatic N) is 3. The van der Waals surface area contributed by atoms with Gasteiger partial charge < -0.3 is 10.1 Å². The molecule has 3 aromatic rings. The lowest BCUT2D eigenvalue weighted by Gasteiger charge is -2.06. The quantitative estimate of drug-likeness (QED) is 0.582. The summed E-state index contributed by atoms with van der Waals surface area (Å²) in [5.41, 5.74) is 1.37. The number of rotatable bonds is 7. The Kier molecular flexibility index (Phi) is 6.03. The lowest BCUT2D eigenvalue weighted by atomic mass is 10.2. The Hall–Kier alpha value is -3.53. The van der Waals surface area contributed by atoms with Crippen molar-refractivity contribution in [2.45, 2.75) is 11.4 Å². The minimum Gasteiger partial charge on any atom is -0.451 e. The first-order valence-electron chi connectivity index (χ1n) is 8.52. The number of anilines is 1. The van der Waals surface area contributed by atoms with Crippen molar-refractivity contribution in [1.29, 1.82) is 0 Å². The molecule has 0 aliphatic rings. The lowest BCUT2D eigenvalue weighted by molar-refractivity contribution is -0.119. The first kappa shape index (κ1) is 20.2. The summed E-state index contributed by atoms with van der Waals surface area (Å²) in [7, 11) is -3.32. The number of carbonyl (C=O) groups is 2. The summed E-state index contributed by atoms with van der Waals surface area (Å²) in [6.45, 7) is -0.0662. The molecule has 0 fully saturated rings. The highest BCUT2D eigenvalue weighted by molar-refractivity contribution is 7.90. The molecule has 9 nitrogen and oxygen atoms in total. The van der Waals surface area contributed by atoms with E-state index in [9.17, 15) is 18.0 Å². The molecule has 1 N–H and O–H groups in total. The fourth-order valence-electron chi connectivity index (χ4n) is 2.43. The van der Waals surface area contributed by atoms with E-state index in [2.05, 4.69) is 15.6 Å². The average Bonchev–Trinajstić information content (AvgIpc) is 3.15. The van der Waals surface area contributed by atoms with Crippen molar-refractivity contribution in [2.24, 2.45) is 0 Å². The molecule has 0 bridgehead atoms. The van der Waals surface area contributed by atoms with Crippen LogP contribution in [0.3, 0.4) is 0 Å². The fourth-order valence-corrected chi connectivity index (χ4v) is 3.06. The highest BCUT2D eigenvalue weighted by Gasteiger charge is 2.15. The van der Waals surface area contributed by atoms with Crippen LogP contribution in [0.2, 0.25) is 0 Å². The Morgan fingerprint density at radius 3 is 2.41 bits per heavy atom. The highest BCUT2D eigenvalue weighted by Crippen LogP contribution is 2.13. The van der Waals surface area contributed by atoms with Crippen molar-refractivity contribution in [3.05, 3.63) is 72.1 Å². The molecule has 0 aliphatic carbocycles. The molecule has 150 valence electrons. The molecule has 10 heteroatoms. The Morgan fingerprint density at radius 1 is 1.07 bits per heavy atom. The molecule has 3 rings (SSSR count). The molecule has 1 heterocycles. The molecule has 0 aliphatic heterocycles. The van der Waals surface area contributed by atoms with Gasteiger partial charge in [-0.1, -0.05) is 35.5 Å². The van der Waals surface area contributed by atoms with Gasteiger partial charge in [-0.25, -0.2) is 17.9 Å². The number of ether oxygens (including phenoxy) is 1. The summed E-state index contributed by atoms with van der Waals surface area (Å²) in [6.07, 6.45) is 2.53. The van der Waals surface area contributed by atoms with E-state index in [1.165, 1.54) is 35.1 Å². The van der Waals surface area contributed by atoms with Crippen LogP contribution < -0.4 is 5.32 Å². The second-order valence-corrected chi connectivity index (χ2v) is 8.22. The zero-order valence-electron chi connectivity index (χ0n) is 15.5. The largest absolute Gasteiger partial charge is 0.451 e. The van der Waals surface area contributed by atoms with Crippen LogP contribution in [-0.4, -0.2) is 48.2 Å². The number of esters is 1. The van der Waals surface area contributed by atoms with Crippen LogP contribution in [0.5, 0.6) is 0 Å². The second-order valence-electron chi connectivity index (χ2n) is 6.21. The van der Waals surface area contributed by atoms with E-state index in [0.717, 1.165) is 11.8 Å². The maximum absolute atomic E-state index is 12.0. The molecule has 0 spiro atoms. The Morgan fingerprint density at radius 2 is 1.76 bits per heavy atom. The van der Waals surface area contributed by atoms with Gasteiger partial charge in [0, 0.05) is 11.9 Å². The van der Waals surface area contributed by atoms with Crippen molar-refractivity contribution in [2.75, 3.05) is 18.2 Å². The number of nitrogens with one attached hydrogen (secondary N) is 1. The van der Waals surface area contributed by atoms with Crippen LogP contribution in [0.4, 0.5) is 5.69 Å². The van der Waals surface area contributed by atoms with E-state index in [1.54, 1.807) is 0 Å². The molecular weight excluding hydrogens is 396 g/mol. The van der Waals surface area contributed by atoms with Crippen LogP contribution in [0.15, 0.2) is 65.7 Å². The minimum atomic E-state index is -3.32. The summed E-state index contributed by atoms with van der Waals surface area (Å²) >= 11 is 0. The van der Waals surface area contributed by atoms with Gasteiger partial charge in [0.1, 0.15) is 0 Å². The first-order chi connectivity index (χ1) is 13.8. The van der Waals surface area contributed by atoms with Crippen LogP contribution in [0.1, 0.15) is 16.1 Å². The molecule has 0 saturated carbocycles. The number of aromatic nitrogens is 3. The van der Waals surface area contributed by atoms with Crippen molar-refractivity contribution < 1.29 is 22.7 Å². The third kappa shape index (κ3) is 5.72. The minimum absolute atomic E-state index is 0.00811. The summed E-state index contributed by atoms with van der Waals surface area (Å²) in [6, 6.07) is 15.2. The summed E-state index contributed by atoms with van der Waals surface area (Å²) in [5.74, 6) is -1.34. The van der Waals surface area contributed by atoms with Crippen molar-refractivity contribution in [3.8, 4) is 0 Å². The molecule has 2 aromatic carbocycles. The monoisotopic (exact) mass is 414 g/mol. The zero-order chi connectivity index (χ0) is 20.9. The van der Waals surface area contributed by atoms with E-state index in [0.29, 0.717) is 12.2 Å². The van der Waals surface area contributed by atoms with Gasteiger partial charge >= 0.3 is 5.97 Å². The number of hydrogen-bond acceptors (Lipinski definition) is 7. The molecule has 1 aromatic heterocycles. The predicted molar refractivity (Wildman–Crippen MR) is 104 cm³/mol. The maximum Gasteiger partial charge on any atom is 0.361 e. The first-order valence-corrected chi connectivity index (χ1v) is 10.4. The summed E-state index contributed by atoms with van der Waals surface area (Å²) in [5, 5.41) is 10.1. The summed E-state index contributed by atoms with van der Waals surface area (Å²) in [4.78, 5) is 24.1. The molecule has 29 heavy (non-hydrogen) atoms. The van der Waals surface area contributed by atoms with E-state index in [1.807, 2.05) is 30.3 Å². The van der Waals surface area contributed by atoms with Gasteiger partial charge in [0.25, 0.3) is 5.91 Å². The van der Waals surface area contributed by atoms with Crippen molar-refractivity contribution in [1.82, 2.24) is 15.0 Å².